The van der Waals surface area contributed by atoms with Crippen molar-refractivity contribution in [1.82, 2.24) is 5.01 Å². The summed E-state index contributed by atoms with van der Waals surface area (Å²) in [6.45, 7) is 0.751. The SMILES string of the molecule is COc1ccc(C(O)C23CC(C2)[C@@H](CN2N=CCC2c2cc(F)cc(F)c2)C3)cc1. The lowest BCUT2D eigenvalue weighted by molar-refractivity contribution is -0.0273. The Morgan fingerprint density at radius 3 is 2.50 bits per heavy atom. The van der Waals surface area contributed by atoms with Crippen molar-refractivity contribution in [3.05, 3.63) is 65.2 Å². The molecule has 0 saturated heterocycles. The summed E-state index contributed by atoms with van der Waals surface area (Å²) >= 11 is 0. The van der Waals surface area contributed by atoms with E-state index < -0.39 is 17.7 Å². The fourth-order valence-corrected chi connectivity index (χ4v) is 5.81. The number of benzene rings is 2. The minimum absolute atomic E-state index is 0.0756. The summed E-state index contributed by atoms with van der Waals surface area (Å²) in [6.07, 6.45) is 4.97. The standard InChI is InChI=1S/C24H26F2N2O2/c1-30-21-4-2-15(3-5-21)23(29)24-11-17(12-24)18(13-24)14-28-22(6-7-27-28)16-8-19(25)10-20(26)9-16/h2-5,7-10,17-18,22-23,29H,6,11-14H2,1H3/t17?,18-,22?,23?,24?/m1/s1. The van der Waals surface area contributed by atoms with E-state index in [-0.39, 0.29) is 11.5 Å². The van der Waals surface area contributed by atoms with Crippen LogP contribution in [0.3, 0.4) is 0 Å². The number of fused-ring (bicyclic) bond motifs is 1. The Morgan fingerprint density at radius 1 is 1.13 bits per heavy atom. The molecule has 4 aliphatic rings. The number of aliphatic hydroxyl groups is 1. The van der Waals surface area contributed by atoms with Crippen molar-refractivity contribution in [3.63, 3.8) is 0 Å². The van der Waals surface area contributed by atoms with Gasteiger partial charge in [-0.25, -0.2) is 8.78 Å². The molecule has 158 valence electrons. The van der Waals surface area contributed by atoms with Crippen molar-refractivity contribution in [2.24, 2.45) is 22.4 Å². The molecule has 4 nitrogen and oxygen atoms in total. The van der Waals surface area contributed by atoms with Crippen molar-refractivity contribution >= 4 is 6.21 Å². The molecule has 2 aromatic carbocycles. The maximum Gasteiger partial charge on any atom is 0.126 e. The molecule has 6 heteroatoms. The summed E-state index contributed by atoms with van der Waals surface area (Å²) in [5.41, 5.74) is 1.49. The first-order valence-corrected chi connectivity index (χ1v) is 10.5. The van der Waals surface area contributed by atoms with Gasteiger partial charge in [0, 0.05) is 30.7 Å². The second-order valence-corrected chi connectivity index (χ2v) is 9.04. The van der Waals surface area contributed by atoms with Gasteiger partial charge in [-0.05, 0) is 66.5 Å². The number of hydrogen-bond donors (Lipinski definition) is 1. The Morgan fingerprint density at radius 2 is 1.83 bits per heavy atom. The van der Waals surface area contributed by atoms with Gasteiger partial charge in [0.05, 0.1) is 19.3 Å². The molecule has 3 atom stereocenters. The van der Waals surface area contributed by atoms with Gasteiger partial charge in [-0.1, -0.05) is 12.1 Å². The largest absolute Gasteiger partial charge is 0.497 e. The fraction of sp³-hybridized carbons (Fsp3) is 0.458. The van der Waals surface area contributed by atoms with Gasteiger partial charge in [-0.15, -0.1) is 0 Å². The summed E-state index contributed by atoms with van der Waals surface area (Å²) in [7, 11) is 1.63. The van der Waals surface area contributed by atoms with E-state index in [1.54, 1.807) is 7.11 Å². The Bertz CT molecular complexity index is 936. The van der Waals surface area contributed by atoms with Gasteiger partial charge in [0.2, 0.25) is 0 Å². The summed E-state index contributed by atoms with van der Waals surface area (Å²) < 4.78 is 32.6. The maximum absolute atomic E-state index is 13.7. The minimum atomic E-state index is -0.554. The van der Waals surface area contributed by atoms with Crippen molar-refractivity contribution in [2.75, 3.05) is 13.7 Å². The highest BCUT2D eigenvalue weighted by atomic mass is 19.1. The number of rotatable bonds is 6. The van der Waals surface area contributed by atoms with E-state index in [4.69, 9.17) is 4.74 Å². The second kappa shape index (κ2) is 7.34. The van der Waals surface area contributed by atoms with E-state index in [2.05, 4.69) is 5.10 Å². The zero-order valence-electron chi connectivity index (χ0n) is 17.0. The van der Waals surface area contributed by atoms with Crippen molar-refractivity contribution in [1.29, 1.82) is 0 Å². The highest BCUT2D eigenvalue weighted by Crippen LogP contribution is 2.67. The molecule has 3 aliphatic carbocycles. The Balaban J connectivity index is 1.27. The number of hydrogen-bond acceptors (Lipinski definition) is 4. The van der Waals surface area contributed by atoms with E-state index in [1.165, 1.54) is 12.1 Å². The lowest BCUT2D eigenvalue weighted by Crippen LogP contribution is -2.35. The second-order valence-electron chi connectivity index (χ2n) is 9.04. The zero-order valence-corrected chi connectivity index (χ0v) is 17.0. The topological polar surface area (TPSA) is 45.1 Å². The molecule has 0 radical (unpaired) electrons. The molecule has 3 fully saturated rings. The normalized spacial score (nSPS) is 30.4. The van der Waals surface area contributed by atoms with Gasteiger partial charge in [-0.2, -0.15) is 5.10 Å². The number of methoxy groups -OCH3 is 1. The Hall–Kier alpha value is -2.47. The molecule has 2 bridgehead atoms. The Kier molecular flexibility index (Phi) is 4.77. The molecule has 6 rings (SSSR count). The summed E-state index contributed by atoms with van der Waals surface area (Å²) in [5.74, 6) is 0.668. The summed E-state index contributed by atoms with van der Waals surface area (Å²) in [5, 5.41) is 17.6. The first-order chi connectivity index (χ1) is 14.5. The highest BCUT2D eigenvalue weighted by Gasteiger charge is 2.59. The van der Waals surface area contributed by atoms with Crippen LogP contribution in [0.2, 0.25) is 0 Å². The number of ether oxygens (including phenoxy) is 1. The third-order valence-corrected chi connectivity index (χ3v) is 7.29. The fourth-order valence-electron chi connectivity index (χ4n) is 5.81. The molecule has 1 aliphatic heterocycles. The monoisotopic (exact) mass is 412 g/mol. The van der Waals surface area contributed by atoms with Crippen LogP contribution in [-0.4, -0.2) is 30.0 Å². The maximum atomic E-state index is 13.7. The van der Waals surface area contributed by atoms with Crippen LogP contribution in [-0.2, 0) is 0 Å². The summed E-state index contributed by atoms with van der Waals surface area (Å²) in [4.78, 5) is 0. The molecular weight excluding hydrogens is 386 g/mol. The molecule has 1 heterocycles. The average molecular weight is 412 g/mol. The van der Waals surface area contributed by atoms with E-state index in [1.807, 2.05) is 35.5 Å². The van der Waals surface area contributed by atoms with Crippen molar-refractivity contribution in [2.45, 2.75) is 37.8 Å². The van der Waals surface area contributed by atoms with Crippen LogP contribution >= 0.6 is 0 Å². The van der Waals surface area contributed by atoms with Crippen LogP contribution in [0, 0.1) is 28.9 Å². The van der Waals surface area contributed by atoms with Gasteiger partial charge in [-0.3, -0.25) is 5.01 Å². The van der Waals surface area contributed by atoms with Crippen LogP contribution in [0.4, 0.5) is 8.78 Å². The first-order valence-electron chi connectivity index (χ1n) is 10.5. The average Bonchev–Trinajstić information content (AvgIpc) is 3.40. The molecule has 2 aromatic rings. The van der Waals surface area contributed by atoms with Crippen LogP contribution < -0.4 is 4.74 Å². The van der Waals surface area contributed by atoms with Crippen LogP contribution in [0.15, 0.2) is 47.6 Å². The van der Waals surface area contributed by atoms with Gasteiger partial charge >= 0.3 is 0 Å². The predicted molar refractivity (Wildman–Crippen MR) is 110 cm³/mol. The van der Waals surface area contributed by atoms with Crippen molar-refractivity contribution < 1.29 is 18.6 Å². The number of hydrazone groups is 1. The molecule has 30 heavy (non-hydrogen) atoms. The Labute approximate surface area is 175 Å². The third kappa shape index (κ3) is 3.27. The predicted octanol–water partition coefficient (Wildman–Crippen LogP) is 4.86. The van der Waals surface area contributed by atoms with Gasteiger partial charge in [0.1, 0.15) is 17.4 Å². The van der Waals surface area contributed by atoms with Crippen molar-refractivity contribution in [3.8, 4) is 5.75 Å². The number of aliphatic hydroxyl groups excluding tert-OH is 1. The van der Waals surface area contributed by atoms with E-state index in [9.17, 15) is 13.9 Å². The molecule has 1 N–H and O–H groups in total. The molecule has 0 spiro atoms. The molecule has 2 unspecified atom stereocenters. The van der Waals surface area contributed by atoms with E-state index in [0.29, 0.717) is 23.8 Å². The van der Waals surface area contributed by atoms with E-state index in [0.717, 1.165) is 43.2 Å². The van der Waals surface area contributed by atoms with E-state index >= 15 is 0 Å². The van der Waals surface area contributed by atoms with Gasteiger partial charge in [0.25, 0.3) is 0 Å². The molecular formula is C24H26F2N2O2. The lowest BCUT2D eigenvalue weighted by Gasteiger charge is -2.42. The van der Waals surface area contributed by atoms with Gasteiger partial charge < -0.3 is 9.84 Å². The lowest BCUT2D eigenvalue weighted by atomic mass is 9.64. The highest BCUT2D eigenvalue weighted by molar-refractivity contribution is 5.60. The molecule has 3 saturated carbocycles. The summed E-state index contributed by atoms with van der Waals surface area (Å²) in [6, 6.07) is 11.2. The van der Waals surface area contributed by atoms with Crippen LogP contribution in [0.5, 0.6) is 5.75 Å². The van der Waals surface area contributed by atoms with Gasteiger partial charge in [0.15, 0.2) is 0 Å². The smallest absolute Gasteiger partial charge is 0.126 e. The number of nitrogens with zero attached hydrogens (tertiary/aromatic N) is 2. The molecule has 0 aromatic heterocycles. The molecule has 0 amide bonds. The zero-order chi connectivity index (χ0) is 20.9. The quantitative estimate of drug-likeness (QED) is 0.737. The first kappa shape index (κ1) is 19.5. The number of halogens is 2. The van der Waals surface area contributed by atoms with Crippen LogP contribution in [0.25, 0.3) is 0 Å². The van der Waals surface area contributed by atoms with Crippen LogP contribution in [0.1, 0.15) is 49.0 Å². The third-order valence-electron chi connectivity index (χ3n) is 7.29. The minimum Gasteiger partial charge on any atom is -0.497 e.